The van der Waals surface area contributed by atoms with Crippen LogP contribution in [0, 0.1) is 5.92 Å². The van der Waals surface area contributed by atoms with Crippen LogP contribution in [0.3, 0.4) is 0 Å². The van der Waals surface area contributed by atoms with Crippen molar-refractivity contribution in [1.29, 1.82) is 0 Å². The van der Waals surface area contributed by atoms with E-state index >= 15 is 0 Å². The van der Waals surface area contributed by atoms with Gasteiger partial charge in [0.1, 0.15) is 0 Å². The Kier molecular flexibility index (Phi) is 7.29. The maximum absolute atomic E-state index is 12.7. The number of carbonyl (C=O) groups is 1. The van der Waals surface area contributed by atoms with Crippen LogP contribution >= 0.6 is 0 Å². The molecule has 2 amide bonds. The van der Waals surface area contributed by atoms with Gasteiger partial charge in [-0.15, -0.1) is 0 Å². The molecule has 2 aromatic carbocycles. The number of nitrogens with one attached hydrogen (secondary N) is 2. The summed E-state index contributed by atoms with van der Waals surface area (Å²) in [5, 5.41) is 5.80. The molecular weight excluding hydrogens is 428 g/mol. The molecule has 2 aliphatic rings. The summed E-state index contributed by atoms with van der Waals surface area (Å²) in [5.74, 6) is 0.422. The second-order valence-corrected chi connectivity index (χ2v) is 10.1. The molecule has 2 saturated heterocycles. The monoisotopic (exact) mass is 458 g/mol. The van der Waals surface area contributed by atoms with Crippen LogP contribution in [0.1, 0.15) is 12.0 Å². The zero-order valence-electron chi connectivity index (χ0n) is 18.1. The second-order valence-electron chi connectivity index (χ2n) is 8.16. The number of rotatable bonds is 7. The van der Waals surface area contributed by atoms with Crippen LogP contribution in [-0.2, 0) is 21.3 Å². The quantitative estimate of drug-likeness (QED) is 0.663. The van der Waals surface area contributed by atoms with Gasteiger partial charge in [-0.3, -0.25) is 0 Å². The van der Waals surface area contributed by atoms with Gasteiger partial charge in [-0.25, -0.2) is 13.2 Å². The topological polar surface area (TPSA) is 91.0 Å². The maximum atomic E-state index is 12.7. The third-order valence-corrected chi connectivity index (χ3v) is 7.86. The van der Waals surface area contributed by atoms with Crippen molar-refractivity contribution in [3.8, 4) is 0 Å². The minimum Gasteiger partial charge on any atom is -0.379 e. The van der Waals surface area contributed by atoms with Crippen LogP contribution in [0.15, 0.2) is 59.5 Å². The number of morpholine rings is 1. The zero-order valence-corrected chi connectivity index (χ0v) is 18.9. The molecule has 2 aliphatic heterocycles. The van der Waals surface area contributed by atoms with Crippen molar-refractivity contribution in [1.82, 2.24) is 14.9 Å². The Morgan fingerprint density at radius 2 is 1.69 bits per heavy atom. The van der Waals surface area contributed by atoms with Gasteiger partial charge in [0.15, 0.2) is 0 Å². The van der Waals surface area contributed by atoms with E-state index in [2.05, 4.69) is 27.7 Å². The van der Waals surface area contributed by atoms with E-state index in [0.29, 0.717) is 45.3 Å². The minimum atomic E-state index is -3.50. The molecule has 9 heteroatoms. The van der Waals surface area contributed by atoms with Crippen molar-refractivity contribution in [2.45, 2.75) is 17.9 Å². The first-order chi connectivity index (χ1) is 15.5. The van der Waals surface area contributed by atoms with Gasteiger partial charge in [0, 0.05) is 45.0 Å². The molecule has 4 rings (SSSR count). The van der Waals surface area contributed by atoms with Crippen LogP contribution in [-0.4, -0.2) is 64.7 Å². The lowest BCUT2D eigenvalue weighted by atomic mass is 10.1. The van der Waals surface area contributed by atoms with Crippen molar-refractivity contribution >= 4 is 21.7 Å². The number of sulfonamides is 1. The zero-order chi connectivity index (χ0) is 22.4. The lowest BCUT2D eigenvalue weighted by Gasteiger charge is -2.26. The number of carbonyl (C=O) groups excluding carboxylic acids is 1. The van der Waals surface area contributed by atoms with Gasteiger partial charge in [-0.2, -0.15) is 4.31 Å². The van der Waals surface area contributed by atoms with Crippen molar-refractivity contribution in [3.63, 3.8) is 0 Å². The molecule has 2 fully saturated rings. The van der Waals surface area contributed by atoms with Crippen molar-refractivity contribution in [3.05, 3.63) is 60.2 Å². The Morgan fingerprint density at radius 3 is 2.41 bits per heavy atom. The fourth-order valence-corrected chi connectivity index (χ4v) is 5.48. The average Bonchev–Trinajstić information content (AvgIpc) is 3.32. The molecule has 2 heterocycles. The standard InChI is InChI=1S/C23H30N4O4S/c28-23(25-17-20-10-11-26(18-20)21-4-2-1-3-5-21)24-16-19-6-8-22(9-7-19)32(29,30)27-12-14-31-15-13-27/h1-9,20H,10-18H2,(H2,24,25,28). The predicted octanol–water partition coefficient (Wildman–Crippen LogP) is 2.03. The SMILES string of the molecule is O=C(NCc1ccc(S(=O)(=O)N2CCOCC2)cc1)NCC1CCN(c2ccccc2)C1. The van der Waals surface area contributed by atoms with E-state index in [1.165, 1.54) is 9.99 Å². The number of ether oxygens (including phenoxy) is 1. The highest BCUT2D eigenvalue weighted by atomic mass is 32.2. The number of hydrogen-bond acceptors (Lipinski definition) is 5. The lowest BCUT2D eigenvalue weighted by Crippen LogP contribution is -2.40. The van der Waals surface area contributed by atoms with E-state index in [1.807, 2.05) is 18.2 Å². The summed E-state index contributed by atoms with van der Waals surface area (Å²) >= 11 is 0. The van der Waals surface area contributed by atoms with Crippen LogP contribution in [0.4, 0.5) is 10.5 Å². The molecule has 0 saturated carbocycles. The molecule has 1 unspecified atom stereocenters. The molecular formula is C23H30N4O4S. The molecule has 32 heavy (non-hydrogen) atoms. The third-order valence-electron chi connectivity index (χ3n) is 5.94. The van der Waals surface area contributed by atoms with Gasteiger partial charge >= 0.3 is 6.03 Å². The first kappa shape index (κ1) is 22.6. The van der Waals surface area contributed by atoms with Crippen LogP contribution in [0.2, 0.25) is 0 Å². The summed E-state index contributed by atoms with van der Waals surface area (Å²) in [6.45, 7) is 4.48. The van der Waals surface area contributed by atoms with E-state index < -0.39 is 10.0 Å². The number of hydrogen-bond donors (Lipinski definition) is 2. The number of amides is 2. The highest BCUT2D eigenvalue weighted by molar-refractivity contribution is 7.89. The van der Waals surface area contributed by atoms with Gasteiger partial charge in [0.25, 0.3) is 0 Å². The Balaban J connectivity index is 1.21. The first-order valence-corrected chi connectivity index (χ1v) is 12.4. The molecule has 8 nitrogen and oxygen atoms in total. The maximum Gasteiger partial charge on any atom is 0.315 e. The summed E-state index contributed by atoms with van der Waals surface area (Å²) in [6, 6.07) is 16.8. The predicted molar refractivity (Wildman–Crippen MR) is 123 cm³/mol. The van der Waals surface area contributed by atoms with E-state index in [-0.39, 0.29) is 10.9 Å². The van der Waals surface area contributed by atoms with Crippen LogP contribution in [0.5, 0.6) is 0 Å². The average molecular weight is 459 g/mol. The van der Waals surface area contributed by atoms with Crippen molar-refractivity contribution in [2.24, 2.45) is 5.92 Å². The third kappa shape index (κ3) is 5.59. The van der Waals surface area contributed by atoms with E-state index in [9.17, 15) is 13.2 Å². The Labute approximate surface area is 189 Å². The van der Waals surface area contributed by atoms with E-state index in [0.717, 1.165) is 25.1 Å². The number of nitrogens with zero attached hydrogens (tertiary/aromatic N) is 2. The number of benzene rings is 2. The largest absolute Gasteiger partial charge is 0.379 e. The van der Waals surface area contributed by atoms with Crippen molar-refractivity contribution < 1.29 is 17.9 Å². The van der Waals surface area contributed by atoms with Gasteiger partial charge in [-0.1, -0.05) is 30.3 Å². The molecule has 1 atom stereocenters. The Hall–Kier alpha value is -2.62. The second kappa shape index (κ2) is 10.3. The minimum absolute atomic E-state index is 0.215. The Bertz CT molecular complexity index is 992. The first-order valence-electron chi connectivity index (χ1n) is 11.0. The molecule has 0 aliphatic carbocycles. The van der Waals surface area contributed by atoms with Gasteiger partial charge in [0.2, 0.25) is 10.0 Å². The summed E-state index contributed by atoms with van der Waals surface area (Å²) in [6.07, 6.45) is 1.05. The van der Waals surface area contributed by atoms with E-state index in [1.54, 1.807) is 24.3 Å². The van der Waals surface area contributed by atoms with Crippen molar-refractivity contribution in [2.75, 3.05) is 50.8 Å². The molecule has 0 aromatic heterocycles. The molecule has 2 N–H and O–H groups in total. The van der Waals surface area contributed by atoms with Crippen LogP contribution < -0.4 is 15.5 Å². The van der Waals surface area contributed by atoms with Crippen LogP contribution in [0.25, 0.3) is 0 Å². The lowest BCUT2D eigenvalue weighted by molar-refractivity contribution is 0.0730. The molecule has 0 bridgehead atoms. The summed E-state index contributed by atoms with van der Waals surface area (Å²) in [5.41, 5.74) is 2.07. The molecule has 0 spiro atoms. The normalized spacial score (nSPS) is 19.6. The number of para-hydroxylation sites is 1. The van der Waals surface area contributed by atoms with Gasteiger partial charge < -0.3 is 20.3 Å². The summed E-state index contributed by atoms with van der Waals surface area (Å²) in [7, 11) is -3.50. The molecule has 2 aromatic rings. The smallest absolute Gasteiger partial charge is 0.315 e. The van der Waals surface area contributed by atoms with E-state index in [4.69, 9.17) is 4.74 Å². The fourth-order valence-electron chi connectivity index (χ4n) is 4.07. The van der Waals surface area contributed by atoms with Gasteiger partial charge in [-0.05, 0) is 42.2 Å². The Morgan fingerprint density at radius 1 is 0.969 bits per heavy atom. The number of urea groups is 1. The number of anilines is 1. The van der Waals surface area contributed by atoms with Gasteiger partial charge in [0.05, 0.1) is 18.1 Å². The highest BCUT2D eigenvalue weighted by Gasteiger charge is 2.26. The fraction of sp³-hybridized carbons (Fsp3) is 0.435. The highest BCUT2D eigenvalue weighted by Crippen LogP contribution is 2.23. The molecule has 0 radical (unpaired) electrons. The summed E-state index contributed by atoms with van der Waals surface area (Å²) < 4.78 is 32.0. The molecule has 172 valence electrons. The summed E-state index contributed by atoms with van der Waals surface area (Å²) in [4.78, 5) is 14.8.